The molecule has 2 aliphatic rings. The first kappa shape index (κ1) is 12.4. The molecule has 2 saturated heterocycles. The Labute approximate surface area is 113 Å². The van der Waals surface area contributed by atoms with Crippen molar-refractivity contribution in [3.05, 3.63) is 28.2 Å². The zero-order valence-corrected chi connectivity index (χ0v) is 11.5. The van der Waals surface area contributed by atoms with Crippen LogP contribution < -0.4 is 5.32 Å². The highest BCUT2D eigenvalue weighted by atomic mass is 79.9. The minimum absolute atomic E-state index is 0.0172. The molecule has 2 heterocycles. The van der Waals surface area contributed by atoms with Crippen LogP contribution in [0.4, 0.5) is 14.5 Å². The van der Waals surface area contributed by atoms with Crippen LogP contribution in [0.5, 0.6) is 0 Å². The summed E-state index contributed by atoms with van der Waals surface area (Å²) >= 11 is 3.09. The van der Waals surface area contributed by atoms with Gasteiger partial charge >= 0.3 is 0 Å². The third-order valence-electron chi connectivity index (χ3n) is 3.97. The van der Waals surface area contributed by atoms with Gasteiger partial charge in [0.05, 0.1) is 0 Å². The van der Waals surface area contributed by atoms with Crippen LogP contribution in [-0.4, -0.2) is 30.6 Å². The zero-order valence-electron chi connectivity index (χ0n) is 9.93. The highest BCUT2D eigenvalue weighted by molar-refractivity contribution is 9.10. The second-order valence-corrected chi connectivity index (χ2v) is 6.05. The van der Waals surface area contributed by atoms with Crippen LogP contribution in [-0.2, 0) is 0 Å². The molecule has 98 valence electrons. The van der Waals surface area contributed by atoms with E-state index in [9.17, 15) is 8.78 Å². The van der Waals surface area contributed by atoms with Crippen molar-refractivity contribution in [3.8, 4) is 0 Å². The Morgan fingerprint density at radius 1 is 1.17 bits per heavy atom. The second-order valence-electron chi connectivity index (χ2n) is 5.13. The van der Waals surface area contributed by atoms with Gasteiger partial charge in [-0.15, -0.1) is 0 Å². The monoisotopic (exact) mass is 316 g/mol. The summed E-state index contributed by atoms with van der Waals surface area (Å²) in [5.74, 6) is -0.536. The average molecular weight is 317 g/mol. The van der Waals surface area contributed by atoms with E-state index in [1.807, 2.05) is 0 Å². The summed E-state index contributed by atoms with van der Waals surface area (Å²) in [5, 5.41) is 3.07. The lowest BCUT2D eigenvalue weighted by atomic mass is 9.94. The van der Waals surface area contributed by atoms with Gasteiger partial charge in [-0.1, -0.05) is 15.9 Å². The van der Waals surface area contributed by atoms with Crippen molar-refractivity contribution in [2.45, 2.75) is 18.9 Å². The molecule has 3 atom stereocenters. The maximum Gasteiger partial charge on any atom is 0.150 e. The van der Waals surface area contributed by atoms with E-state index >= 15 is 0 Å². The van der Waals surface area contributed by atoms with Crippen LogP contribution in [0.2, 0.25) is 0 Å². The van der Waals surface area contributed by atoms with E-state index in [-0.39, 0.29) is 11.7 Å². The molecule has 5 heteroatoms. The van der Waals surface area contributed by atoms with Gasteiger partial charge in [-0.05, 0) is 37.4 Å². The normalized spacial score (nSPS) is 30.5. The number of hydrogen-bond acceptors (Lipinski definition) is 2. The van der Waals surface area contributed by atoms with Gasteiger partial charge in [0.15, 0.2) is 0 Å². The molecule has 18 heavy (non-hydrogen) atoms. The van der Waals surface area contributed by atoms with Crippen LogP contribution >= 0.6 is 15.9 Å². The molecule has 3 unspecified atom stereocenters. The topological polar surface area (TPSA) is 15.3 Å². The number of rotatable bonds is 2. The number of benzene rings is 1. The fourth-order valence-corrected chi connectivity index (χ4v) is 3.41. The van der Waals surface area contributed by atoms with Crippen LogP contribution in [0.15, 0.2) is 16.6 Å². The molecule has 1 aromatic rings. The molecule has 2 aliphatic heterocycles. The molecule has 3 rings (SSSR count). The maximum atomic E-state index is 13.8. The SMILES string of the molecule is Fc1cc(Br)cc(F)c1NC1CCN2CCC1C2. The first-order valence-corrected chi connectivity index (χ1v) is 7.06. The van der Waals surface area contributed by atoms with Crippen LogP contribution in [0.3, 0.4) is 0 Å². The number of nitrogens with one attached hydrogen (secondary N) is 1. The summed E-state index contributed by atoms with van der Waals surface area (Å²) in [6, 6.07) is 2.79. The number of piperidine rings is 1. The largest absolute Gasteiger partial charge is 0.377 e. The van der Waals surface area contributed by atoms with Crippen LogP contribution in [0.25, 0.3) is 0 Å². The summed E-state index contributed by atoms with van der Waals surface area (Å²) < 4.78 is 28.0. The van der Waals surface area contributed by atoms with Gasteiger partial charge in [-0.3, -0.25) is 0 Å². The van der Waals surface area contributed by atoms with Crippen molar-refractivity contribution >= 4 is 21.6 Å². The summed E-state index contributed by atoms with van der Waals surface area (Å²) in [4.78, 5) is 2.41. The van der Waals surface area contributed by atoms with Crippen molar-refractivity contribution < 1.29 is 8.78 Å². The minimum atomic E-state index is -0.526. The molecule has 0 spiro atoms. The minimum Gasteiger partial charge on any atom is -0.377 e. The van der Waals surface area contributed by atoms with Crippen molar-refractivity contribution in [3.63, 3.8) is 0 Å². The van der Waals surface area contributed by atoms with Crippen molar-refractivity contribution in [2.24, 2.45) is 5.92 Å². The highest BCUT2D eigenvalue weighted by Gasteiger charge is 2.34. The van der Waals surface area contributed by atoms with Gasteiger partial charge in [-0.2, -0.15) is 0 Å². The summed E-state index contributed by atoms with van der Waals surface area (Å²) in [7, 11) is 0. The number of hydrogen-bond donors (Lipinski definition) is 1. The Bertz CT molecular complexity index is 443. The predicted molar refractivity (Wildman–Crippen MR) is 70.6 cm³/mol. The number of anilines is 1. The molecule has 0 aliphatic carbocycles. The Morgan fingerprint density at radius 3 is 2.56 bits per heavy atom. The van der Waals surface area contributed by atoms with Gasteiger partial charge in [0, 0.05) is 23.6 Å². The van der Waals surface area contributed by atoms with E-state index < -0.39 is 11.6 Å². The van der Waals surface area contributed by atoms with E-state index in [0.29, 0.717) is 10.4 Å². The third-order valence-corrected chi connectivity index (χ3v) is 4.43. The first-order valence-electron chi connectivity index (χ1n) is 6.27. The lowest BCUT2D eigenvalue weighted by Crippen LogP contribution is -2.39. The van der Waals surface area contributed by atoms with Gasteiger partial charge < -0.3 is 10.2 Å². The summed E-state index contributed by atoms with van der Waals surface area (Å²) in [5.41, 5.74) is 0.0172. The van der Waals surface area contributed by atoms with E-state index in [4.69, 9.17) is 0 Å². The average Bonchev–Trinajstić information content (AvgIpc) is 2.69. The Hall–Kier alpha value is -0.680. The molecule has 0 saturated carbocycles. The number of halogens is 3. The number of fused-ring (bicyclic) bond motifs is 2. The van der Waals surface area contributed by atoms with E-state index in [2.05, 4.69) is 26.1 Å². The third kappa shape index (κ3) is 2.26. The molecule has 0 radical (unpaired) electrons. The van der Waals surface area contributed by atoms with Crippen molar-refractivity contribution in [1.82, 2.24) is 4.90 Å². The molecule has 0 amide bonds. The summed E-state index contributed by atoms with van der Waals surface area (Å²) in [6.07, 6.45) is 2.08. The lowest BCUT2D eigenvalue weighted by Gasteiger charge is -2.31. The molecule has 2 nitrogen and oxygen atoms in total. The highest BCUT2D eigenvalue weighted by Crippen LogP contribution is 2.31. The van der Waals surface area contributed by atoms with E-state index in [1.54, 1.807) is 0 Å². The lowest BCUT2D eigenvalue weighted by molar-refractivity contribution is 0.254. The van der Waals surface area contributed by atoms with Crippen molar-refractivity contribution in [2.75, 3.05) is 25.0 Å². The fraction of sp³-hybridized carbons (Fsp3) is 0.538. The zero-order chi connectivity index (χ0) is 12.7. The van der Waals surface area contributed by atoms with Crippen LogP contribution in [0, 0.1) is 17.6 Å². The first-order chi connectivity index (χ1) is 8.63. The van der Waals surface area contributed by atoms with Crippen LogP contribution in [0.1, 0.15) is 12.8 Å². The molecule has 2 bridgehead atoms. The molecular weight excluding hydrogens is 302 g/mol. The molecule has 0 aromatic heterocycles. The molecule has 1 aromatic carbocycles. The van der Waals surface area contributed by atoms with Gasteiger partial charge in [0.25, 0.3) is 0 Å². The Kier molecular flexibility index (Phi) is 3.28. The predicted octanol–water partition coefficient (Wildman–Crippen LogP) is 3.23. The van der Waals surface area contributed by atoms with E-state index in [0.717, 1.165) is 32.5 Å². The molecular formula is C13H15BrF2N2. The summed E-state index contributed by atoms with van der Waals surface area (Å²) in [6.45, 7) is 3.19. The van der Waals surface area contributed by atoms with Crippen molar-refractivity contribution in [1.29, 1.82) is 0 Å². The number of nitrogens with zero attached hydrogens (tertiary/aromatic N) is 1. The standard InChI is InChI=1S/C13H15BrF2N2/c14-9-5-10(15)13(11(16)6-9)17-12-2-4-18-3-1-8(12)7-18/h5-6,8,12,17H,1-4,7H2. The fourth-order valence-electron chi connectivity index (χ4n) is 3.01. The molecule has 2 fully saturated rings. The smallest absolute Gasteiger partial charge is 0.150 e. The Morgan fingerprint density at radius 2 is 1.83 bits per heavy atom. The molecule has 1 N–H and O–H groups in total. The van der Waals surface area contributed by atoms with Gasteiger partial charge in [-0.25, -0.2) is 8.78 Å². The van der Waals surface area contributed by atoms with E-state index in [1.165, 1.54) is 12.1 Å². The Balaban J connectivity index is 1.80. The quantitative estimate of drug-likeness (QED) is 0.901. The van der Waals surface area contributed by atoms with Gasteiger partial charge in [0.2, 0.25) is 0 Å². The second kappa shape index (κ2) is 4.78. The maximum absolute atomic E-state index is 13.8. The van der Waals surface area contributed by atoms with Gasteiger partial charge in [0.1, 0.15) is 17.3 Å².